The Morgan fingerprint density at radius 2 is 1.93 bits per heavy atom. The van der Waals surface area contributed by atoms with Gasteiger partial charge in [-0.05, 0) is 50.4 Å². The normalized spacial score (nSPS) is 25.1. The lowest BCUT2D eigenvalue weighted by molar-refractivity contribution is -0.143. The van der Waals surface area contributed by atoms with Crippen molar-refractivity contribution in [3.63, 3.8) is 0 Å². The van der Waals surface area contributed by atoms with Crippen molar-refractivity contribution in [3.05, 3.63) is 17.6 Å². The summed E-state index contributed by atoms with van der Waals surface area (Å²) < 4.78 is 5.21. The topological polar surface area (TPSA) is 99.7 Å². The van der Waals surface area contributed by atoms with E-state index >= 15 is 0 Å². The number of amides is 2. The number of nitrogens with zero attached hydrogens (tertiary/aromatic N) is 4. The van der Waals surface area contributed by atoms with Crippen LogP contribution >= 0.6 is 0 Å². The SMILES string of the molecule is COCCCNc1nc(C(C)(C)C)ncc1C(=O)N(CC(C)C)[C@@H]1CNC[C@H](C(=O)N2CCCC3CCCCC32)C1. The number of piperidine rings is 2. The van der Waals surface area contributed by atoms with Gasteiger partial charge in [0.05, 0.1) is 5.92 Å². The van der Waals surface area contributed by atoms with Crippen LogP contribution in [0.3, 0.4) is 0 Å². The van der Waals surface area contributed by atoms with Crippen LogP contribution in [0.15, 0.2) is 6.20 Å². The second-order valence-corrected chi connectivity index (χ2v) is 13.9. The van der Waals surface area contributed by atoms with Gasteiger partial charge in [-0.2, -0.15) is 0 Å². The van der Waals surface area contributed by atoms with Crippen molar-refractivity contribution in [3.8, 4) is 0 Å². The molecule has 0 bridgehead atoms. The predicted octanol–water partition coefficient (Wildman–Crippen LogP) is 4.48. The largest absolute Gasteiger partial charge is 0.385 e. The summed E-state index contributed by atoms with van der Waals surface area (Å²) in [7, 11) is 1.69. The summed E-state index contributed by atoms with van der Waals surface area (Å²) in [5.74, 6) is 2.33. The number of anilines is 1. The molecule has 9 heteroatoms. The molecule has 230 valence electrons. The molecule has 9 nitrogen and oxygen atoms in total. The average Bonchev–Trinajstić information content (AvgIpc) is 2.96. The van der Waals surface area contributed by atoms with Crippen LogP contribution in [0, 0.1) is 17.8 Å². The first-order valence-electron chi connectivity index (χ1n) is 16.0. The van der Waals surface area contributed by atoms with E-state index in [9.17, 15) is 9.59 Å². The first-order valence-corrected chi connectivity index (χ1v) is 16.0. The lowest BCUT2D eigenvalue weighted by Crippen LogP contribution is -2.57. The first-order chi connectivity index (χ1) is 19.6. The van der Waals surface area contributed by atoms with Crippen molar-refractivity contribution >= 4 is 17.6 Å². The molecule has 2 saturated heterocycles. The van der Waals surface area contributed by atoms with E-state index in [1.54, 1.807) is 13.3 Å². The van der Waals surface area contributed by atoms with Crippen LogP contribution in [0.25, 0.3) is 0 Å². The Kier molecular flexibility index (Phi) is 11.0. The molecule has 2 N–H and O–H groups in total. The molecule has 4 atom stereocenters. The van der Waals surface area contributed by atoms with Crippen molar-refractivity contribution in [2.24, 2.45) is 17.8 Å². The van der Waals surface area contributed by atoms with E-state index in [2.05, 4.69) is 55.1 Å². The number of likely N-dealkylation sites (tertiary alicyclic amines) is 1. The van der Waals surface area contributed by atoms with Crippen molar-refractivity contribution in [1.29, 1.82) is 0 Å². The Labute approximate surface area is 247 Å². The Morgan fingerprint density at radius 1 is 1.17 bits per heavy atom. The van der Waals surface area contributed by atoms with Gasteiger partial charge < -0.3 is 25.2 Å². The molecule has 1 saturated carbocycles. The van der Waals surface area contributed by atoms with E-state index in [1.165, 1.54) is 25.7 Å². The van der Waals surface area contributed by atoms with E-state index in [0.29, 0.717) is 68.4 Å². The molecule has 2 aliphatic heterocycles. The molecule has 4 rings (SSSR count). The van der Waals surface area contributed by atoms with Gasteiger partial charge in [0.25, 0.3) is 5.91 Å². The molecule has 3 fully saturated rings. The number of carbonyl (C=O) groups excluding carboxylic acids is 2. The van der Waals surface area contributed by atoms with Crippen molar-refractivity contribution in [2.75, 3.05) is 51.8 Å². The maximum absolute atomic E-state index is 14.3. The van der Waals surface area contributed by atoms with Crippen molar-refractivity contribution in [2.45, 2.75) is 103 Å². The van der Waals surface area contributed by atoms with Gasteiger partial charge in [-0.25, -0.2) is 9.97 Å². The lowest BCUT2D eigenvalue weighted by atomic mass is 9.77. The summed E-state index contributed by atoms with van der Waals surface area (Å²) in [5.41, 5.74) is 0.250. The van der Waals surface area contributed by atoms with Gasteiger partial charge in [0.15, 0.2) is 0 Å². The fourth-order valence-electron chi connectivity index (χ4n) is 6.88. The maximum atomic E-state index is 14.3. The monoisotopic (exact) mass is 570 g/mol. The van der Waals surface area contributed by atoms with Crippen LogP contribution in [-0.2, 0) is 14.9 Å². The summed E-state index contributed by atoms with van der Waals surface area (Å²) in [6.07, 6.45) is 10.5. The second kappa shape index (κ2) is 14.3. The summed E-state index contributed by atoms with van der Waals surface area (Å²) >= 11 is 0. The second-order valence-electron chi connectivity index (χ2n) is 13.9. The van der Waals surface area contributed by atoms with Crippen LogP contribution < -0.4 is 10.6 Å². The highest BCUT2D eigenvalue weighted by molar-refractivity contribution is 5.98. The van der Waals surface area contributed by atoms with Gasteiger partial charge >= 0.3 is 0 Å². The number of ether oxygens (including phenoxy) is 1. The molecule has 41 heavy (non-hydrogen) atoms. The number of rotatable bonds is 10. The zero-order valence-corrected chi connectivity index (χ0v) is 26.4. The van der Waals surface area contributed by atoms with Crippen LogP contribution in [0.2, 0.25) is 0 Å². The summed E-state index contributed by atoms with van der Waals surface area (Å²) in [4.78, 5) is 41.9. The van der Waals surface area contributed by atoms with Crippen LogP contribution in [0.1, 0.15) is 102 Å². The number of carbonyl (C=O) groups is 2. The summed E-state index contributed by atoms with van der Waals surface area (Å²) in [6.45, 7) is 14.7. The quantitative estimate of drug-likeness (QED) is 0.400. The number of hydrogen-bond acceptors (Lipinski definition) is 7. The molecule has 1 aromatic rings. The smallest absolute Gasteiger partial charge is 0.259 e. The Bertz CT molecular complexity index is 1020. The zero-order chi connectivity index (χ0) is 29.6. The highest BCUT2D eigenvalue weighted by Crippen LogP contribution is 2.36. The minimum absolute atomic E-state index is 0.0665. The van der Waals surface area contributed by atoms with Gasteiger partial charge in [0.2, 0.25) is 5.91 Å². The van der Waals surface area contributed by atoms with Gasteiger partial charge in [0, 0.05) is 70.1 Å². The summed E-state index contributed by atoms with van der Waals surface area (Å²) in [6, 6.07) is 0.340. The molecule has 0 spiro atoms. The van der Waals surface area contributed by atoms with Crippen LogP contribution in [0.5, 0.6) is 0 Å². The van der Waals surface area contributed by atoms with E-state index in [0.717, 1.165) is 25.8 Å². The minimum atomic E-state index is -0.241. The van der Waals surface area contributed by atoms with E-state index in [-0.39, 0.29) is 35.1 Å². The lowest BCUT2D eigenvalue weighted by Gasteiger charge is -2.46. The fraction of sp³-hybridized carbons (Fsp3) is 0.812. The molecule has 1 aliphatic carbocycles. The van der Waals surface area contributed by atoms with E-state index < -0.39 is 0 Å². The van der Waals surface area contributed by atoms with Crippen molar-refractivity contribution < 1.29 is 14.3 Å². The highest BCUT2D eigenvalue weighted by Gasteiger charge is 2.41. The zero-order valence-electron chi connectivity index (χ0n) is 26.4. The van der Waals surface area contributed by atoms with Gasteiger partial charge in [-0.3, -0.25) is 9.59 Å². The van der Waals surface area contributed by atoms with Gasteiger partial charge in [-0.1, -0.05) is 47.5 Å². The van der Waals surface area contributed by atoms with Crippen LogP contribution in [0.4, 0.5) is 5.82 Å². The van der Waals surface area contributed by atoms with E-state index in [4.69, 9.17) is 9.72 Å². The molecular formula is C32H54N6O3. The molecule has 3 aliphatic rings. The number of aromatic nitrogens is 2. The maximum Gasteiger partial charge on any atom is 0.259 e. The fourth-order valence-corrected chi connectivity index (χ4v) is 6.88. The third kappa shape index (κ3) is 7.98. The average molecular weight is 571 g/mol. The van der Waals surface area contributed by atoms with Crippen LogP contribution in [-0.4, -0.2) is 90.1 Å². The molecular weight excluding hydrogens is 516 g/mol. The number of methoxy groups -OCH3 is 1. The number of hydrogen-bond donors (Lipinski definition) is 2. The Balaban J connectivity index is 1.55. The Morgan fingerprint density at radius 3 is 2.66 bits per heavy atom. The Hall–Kier alpha value is -2.26. The van der Waals surface area contributed by atoms with Gasteiger partial charge in [0.1, 0.15) is 17.2 Å². The highest BCUT2D eigenvalue weighted by atomic mass is 16.5. The summed E-state index contributed by atoms with van der Waals surface area (Å²) in [5, 5.41) is 6.92. The molecule has 0 aromatic carbocycles. The molecule has 2 unspecified atom stereocenters. The predicted molar refractivity (Wildman–Crippen MR) is 163 cm³/mol. The minimum Gasteiger partial charge on any atom is -0.385 e. The number of fused-ring (bicyclic) bond motifs is 1. The molecule has 1 aromatic heterocycles. The third-order valence-electron chi connectivity index (χ3n) is 8.97. The van der Waals surface area contributed by atoms with Crippen molar-refractivity contribution in [1.82, 2.24) is 25.1 Å². The first kappa shape index (κ1) is 31.7. The van der Waals surface area contributed by atoms with E-state index in [1.807, 2.05) is 4.90 Å². The number of nitrogens with one attached hydrogen (secondary N) is 2. The molecule has 2 amide bonds. The molecule has 3 heterocycles. The standard InChI is InChI=1S/C32H54N6O3/c1-22(2)21-38(30(40)26-20-35-31(32(3,4)5)36-28(26)34-14-10-16-41-6)25-17-24(18-33-19-25)29(39)37-15-9-12-23-11-7-8-13-27(23)37/h20,22-25,27,33H,7-19,21H2,1-6H3,(H,34,35,36)/t23?,24-,25+,27?/m1/s1. The van der Waals surface area contributed by atoms with Gasteiger partial charge in [-0.15, -0.1) is 0 Å². The molecule has 0 radical (unpaired) electrons. The third-order valence-corrected chi connectivity index (χ3v) is 8.97.